The summed E-state index contributed by atoms with van der Waals surface area (Å²) in [6, 6.07) is -0.480. The zero-order valence-corrected chi connectivity index (χ0v) is 10.1. The number of carboxylic acid groups (broad SMARTS) is 1. The van der Waals surface area contributed by atoms with Crippen LogP contribution < -0.4 is 9.44 Å². The molecule has 0 aromatic rings. The number of carbonyl (C=O) groups is 1. The first-order valence-electron chi connectivity index (χ1n) is 5.43. The van der Waals surface area contributed by atoms with Gasteiger partial charge in [-0.05, 0) is 25.2 Å². The molecule has 0 radical (unpaired) electrons. The lowest BCUT2D eigenvalue weighted by Gasteiger charge is -2.16. The first kappa shape index (κ1) is 13.4. The van der Waals surface area contributed by atoms with E-state index in [1.165, 1.54) is 0 Å². The van der Waals surface area contributed by atoms with Gasteiger partial charge in [0.2, 0.25) is 0 Å². The molecule has 1 unspecified atom stereocenters. The Labute approximate surface area is 95.6 Å². The Kier molecular flexibility index (Phi) is 4.69. The summed E-state index contributed by atoms with van der Waals surface area (Å²) < 4.78 is 27.8. The molecule has 1 fully saturated rings. The smallest absolute Gasteiger partial charge is 0.304 e. The molecule has 0 saturated heterocycles. The second-order valence-corrected chi connectivity index (χ2v) is 5.59. The van der Waals surface area contributed by atoms with Crippen LogP contribution in [0.2, 0.25) is 0 Å². The van der Waals surface area contributed by atoms with E-state index in [4.69, 9.17) is 5.11 Å². The minimum absolute atomic E-state index is 0.155. The van der Waals surface area contributed by atoms with Crippen molar-refractivity contribution in [3.05, 3.63) is 0 Å². The molecule has 0 spiro atoms. The lowest BCUT2D eigenvalue weighted by molar-refractivity contribution is -0.137. The molecule has 0 aromatic heterocycles. The minimum Gasteiger partial charge on any atom is -0.481 e. The Morgan fingerprint density at radius 2 is 2.12 bits per heavy atom. The summed E-state index contributed by atoms with van der Waals surface area (Å²) in [5, 5.41) is 8.68. The zero-order chi connectivity index (χ0) is 12.2. The Bertz CT molecular complexity index is 337. The molecule has 0 aliphatic heterocycles. The maximum atomic E-state index is 11.5. The molecule has 0 amide bonds. The summed E-state index contributed by atoms with van der Waals surface area (Å²) in [7, 11) is -3.56. The van der Waals surface area contributed by atoms with Crippen LogP contribution >= 0.6 is 0 Å². The van der Waals surface area contributed by atoms with E-state index >= 15 is 0 Å². The van der Waals surface area contributed by atoms with Gasteiger partial charge in [0.1, 0.15) is 0 Å². The van der Waals surface area contributed by atoms with Gasteiger partial charge < -0.3 is 5.11 Å². The number of aliphatic carboxylic acids is 1. The molecule has 1 aliphatic carbocycles. The van der Waals surface area contributed by atoms with Crippen LogP contribution in [-0.4, -0.2) is 32.1 Å². The predicted octanol–water partition coefficient (Wildman–Crippen LogP) is 0.0737. The molecule has 1 saturated carbocycles. The van der Waals surface area contributed by atoms with Crippen LogP contribution in [0.5, 0.6) is 0 Å². The fourth-order valence-corrected chi connectivity index (χ4v) is 2.70. The second-order valence-electron chi connectivity index (χ2n) is 4.06. The Morgan fingerprint density at radius 3 is 2.56 bits per heavy atom. The first-order chi connectivity index (χ1) is 7.44. The van der Waals surface area contributed by atoms with Crippen molar-refractivity contribution in [1.29, 1.82) is 0 Å². The maximum Gasteiger partial charge on any atom is 0.304 e. The molecular formula is C9H18N2O4S. The summed E-state index contributed by atoms with van der Waals surface area (Å²) in [5.41, 5.74) is 0. The topological polar surface area (TPSA) is 95.5 Å². The molecule has 0 aromatic carbocycles. The van der Waals surface area contributed by atoms with Crippen molar-refractivity contribution in [2.45, 2.75) is 38.6 Å². The van der Waals surface area contributed by atoms with Crippen LogP contribution in [0.1, 0.15) is 32.6 Å². The molecule has 1 atom stereocenters. The fraction of sp³-hybridized carbons (Fsp3) is 0.889. The Hall–Kier alpha value is -0.660. The number of rotatable bonds is 8. The molecule has 6 nitrogen and oxygen atoms in total. The van der Waals surface area contributed by atoms with Crippen molar-refractivity contribution in [1.82, 2.24) is 9.44 Å². The highest BCUT2D eigenvalue weighted by Crippen LogP contribution is 2.34. The lowest BCUT2D eigenvalue weighted by atomic mass is 10.1. The first-order valence-corrected chi connectivity index (χ1v) is 6.91. The summed E-state index contributed by atoms with van der Waals surface area (Å²) in [4.78, 5) is 10.6. The van der Waals surface area contributed by atoms with Crippen molar-refractivity contribution in [3.8, 4) is 0 Å². The predicted molar refractivity (Wildman–Crippen MR) is 59.1 cm³/mol. The summed E-state index contributed by atoms with van der Waals surface area (Å²) in [6.07, 6.45) is 2.34. The third-order valence-corrected chi connectivity index (χ3v) is 3.63. The van der Waals surface area contributed by atoms with Crippen LogP contribution in [0.25, 0.3) is 0 Å². The van der Waals surface area contributed by atoms with Gasteiger partial charge in [0, 0.05) is 12.6 Å². The van der Waals surface area contributed by atoms with E-state index in [0.29, 0.717) is 13.0 Å². The van der Waals surface area contributed by atoms with Gasteiger partial charge >= 0.3 is 5.97 Å². The number of nitrogens with one attached hydrogen (secondary N) is 2. The SMILES string of the molecule is CCCNS(=O)(=O)NC(CC(=O)O)C1CC1. The molecule has 0 bridgehead atoms. The number of hydrogen-bond donors (Lipinski definition) is 3. The van der Waals surface area contributed by atoms with Gasteiger partial charge in [-0.15, -0.1) is 0 Å². The number of hydrogen-bond acceptors (Lipinski definition) is 3. The standard InChI is InChI=1S/C9H18N2O4S/c1-2-5-10-16(14,15)11-8(6-9(12)13)7-3-4-7/h7-8,10-11H,2-6H2,1H3,(H,12,13). The molecule has 3 N–H and O–H groups in total. The fourth-order valence-electron chi connectivity index (χ4n) is 1.47. The Balaban J connectivity index is 2.50. The highest BCUT2D eigenvalue weighted by Gasteiger charge is 2.35. The van der Waals surface area contributed by atoms with Crippen molar-refractivity contribution in [3.63, 3.8) is 0 Å². The van der Waals surface area contributed by atoms with Gasteiger partial charge in [0.25, 0.3) is 10.2 Å². The van der Waals surface area contributed by atoms with E-state index in [-0.39, 0.29) is 12.3 Å². The van der Waals surface area contributed by atoms with Gasteiger partial charge in [0.15, 0.2) is 0 Å². The van der Waals surface area contributed by atoms with Gasteiger partial charge in [-0.3, -0.25) is 4.79 Å². The van der Waals surface area contributed by atoms with Crippen molar-refractivity contribution in [2.75, 3.05) is 6.54 Å². The van der Waals surface area contributed by atoms with Gasteiger partial charge in [0.05, 0.1) is 6.42 Å². The van der Waals surface area contributed by atoms with Gasteiger partial charge in [-0.2, -0.15) is 13.1 Å². The van der Waals surface area contributed by atoms with Crippen molar-refractivity contribution in [2.24, 2.45) is 5.92 Å². The van der Waals surface area contributed by atoms with Crippen molar-refractivity contribution >= 4 is 16.2 Å². The van der Waals surface area contributed by atoms with E-state index in [1.54, 1.807) is 0 Å². The van der Waals surface area contributed by atoms with Crippen molar-refractivity contribution < 1.29 is 18.3 Å². The monoisotopic (exact) mass is 250 g/mol. The summed E-state index contributed by atoms with van der Waals surface area (Å²) >= 11 is 0. The van der Waals surface area contributed by atoms with Gasteiger partial charge in [-0.25, -0.2) is 4.72 Å². The third kappa shape index (κ3) is 4.91. The lowest BCUT2D eigenvalue weighted by Crippen LogP contribution is -2.44. The molecule has 1 rings (SSSR count). The highest BCUT2D eigenvalue weighted by atomic mass is 32.2. The van der Waals surface area contributed by atoms with E-state index < -0.39 is 22.2 Å². The highest BCUT2D eigenvalue weighted by molar-refractivity contribution is 7.87. The van der Waals surface area contributed by atoms with Crippen LogP contribution in [-0.2, 0) is 15.0 Å². The summed E-state index contributed by atoms with van der Waals surface area (Å²) in [5.74, 6) is -0.801. The summed E-state index contributed by atoms with van der Waals surface area (Å²) in [6.45, 7) is 2.22. The maximum absolute atomic E-state index is 11.5. The molecule has 7 heteroatoms. The molecule has 16 heavy (non-hydrogen) atoms. The van der Waals surface area contributed by atoms with E-state index in [9.17, 15) is 13.2 Å². The van der Waals surface area contributed by atoms with E-state index in [0.717, 1.165) is 12.8 Å². The van der Waals surface area contributed by atoms with E-state index in [2.05, 4.69) is 9.44 Å². The van der Waals surface area contributed by atoms with Crippen LogP contribution in [0.4, 0.5) is 0 Å². The molecular weight excluding hydrogens is 232 g/mol. The van der Waals surface area contributed by atoms with Gasteiger partial charge in [-0.1, -0.05) is 6.92 Å². The quantitative estimate of drug-likeness (QED) is 0.568. The van der Waals surface area contributed by atoms with Crippen LogP contribution in [0.3, 0.4) is 0 Å². The average Bonchev–Trinajstić information content (AvgIpc) is 2.95. The molecule has 94 valence electrons. The normalized spacial score (nSPS) is 18.3. The number of carboxylic acids is 1. The minimum atomic E-state index is -3.56. The molecule has 0 heterocycles. The average molecular weight is 250 g/mol. The third-order valence-electron chi connectivity index (χ3n) is 2.43. The Morgan fingerprint density at radius 1 is 1.50 bits per heavy atom. The van der Waals surface area contributed by atoms with E-state index in [1.807, 2.05) is 6.92 Å². The largest absolute Gasteiger partial charge is 0.481 e. The van der Waals surface area contributed by atoms with Crippen LogP contribution in [0, 0.1) is 5.92 Å². The molecule has 1 aliphatic rings. The second kappa shape index (κ2) is 5.60. The zero-order valence-electron chi connectivity index (χ0n) is 9.27. The van der Waals surface area contributed by atoms with Crippen LogP contribution in [0.15, 0.2) is 0 Å².